The Hall–Kier alpha value is -3.14. The summed E-state index contributed by atoms with van der Waals surface area (Å²) >= 11 is 0. The molecule has 0 saturated carbocycles. The predicted octanol–water partition coefficient (Wildman–Crippen LogP) is 4.00. The van der Waals surface area contributed by atoms with E-state index in [0.29, 0.717) is 5.65 Å². The lowest BCUT2D eigenvalue weighted by atomic mass is 9.99. The molecule has 4 rings (SSSR count). The number of hydrogen-bond acceptors (Lipinski definition) is 3. The number of phenols is 1. The van der Waals surface area contributed by atoms with Crippen LogP contribution in [-0.2, 0) is 0 Å². The number of aromatic hydroxyl groups is 1. The van der Waals surface area contributed by atoms with Crippen LogP contribution >= 0.6 is 0 Å². The average molecular weight is 287 g/mol. The zero-order valence-corrected chi connectivity index (χ0v) is 11.7. The Balaban J connectivity index is 2.02. The third kappa shape index (κ3) is 2.02. The molecule has 0 saturated heterocycles. The Bertz CT molecular complexity index is 945. The fourth-order valence-electron chi connectivity index (χ4n) is 2.67. The van der Waals surface area contributed by atoms with E-state index in [0.717, 1.165) is 27.8 Å². The maximum atomic E-state index is 9.74. The molecule has 22 heavy (non-hydrogen) atoms. The van der Waals surface area contributed by atoms with Crippen LogP contribution in [0.25, 0.3) is 33.4 Å². The summed E-state index contributed by atoms with van der Waals surface area (Å²) in [7, 11) is 0. The molecule has 0 amide bonds. The second-order valence-electron chi connectivity index (χ2n) is 5.07. The van der Waals surface area contributed by atoms with E-state index in [-0.39, 0.29) is 5.75 Å². The fourth-order valence-corrected chi connectivity index (χ4v) is 2.67. The Labute approximate surface area is 127 Å². The van der Waals surface area contributed by atoms with E-state index in [4.69, 9.17) is 0 Å². The molecule has 0 aliphatic heterocycles. The molecular formula is C18H13N3O. The highest BCUT2D eigenvalue weighted by Crippen LogP contribution is 2.34. The zero-order valence-electron chi connectivity index (χ0n) is 11.7. The van der Waals surface area contributed by atoms with Crippen molar-refractivity contribution >= 4 is 11.0 Å². The number of aromatic amines is 1. The van der Waals surface area contributed by atoms with E-state index in [2.05, 4.69) is 15.2 Å². The van der Waals surface area contributed by atoms with E-state index in [1.54, 1.807) is 18.3 Å². The Morgan fingerprint density at radius 1 is 0.864 bits per heavy atom. The van der Waals surface area contributed by atoms with Crippen molar-refractivity contribution in [2.24, 2.45) is 0 Å². The second-order valence-corrected chi connectivity index (χ2v) is 5.07. The normalized spacial score (nSPS) is 10.9. The van der Waals surface area contributed by atoms with Crippen molar-refractivity contribution in [1.29, 1.82) is 0 Å². The summed E-state index contributed by atoms with van der Waals surface area (Å²) in [6.45, 7) is 0. The minimum absolute atomic E-state index is 0.243. The number of pyridine rings is 1. The molecule has 2 aromatic heterocycles. The quantitative estimate of drug-likeness (QED) is 0.586. The van der Waals surface area contributed by atoms with Crippen molar-refractivity contribution < 1.29 is 5.11 Å². The van der Waals surface area contributed by atoms with Gasteiger partial charge < -0.3 is 5.11 Å². The Kier molecular flexibility index (Phi) is 2.86. The molecule has 2 N–H and O–H groups in total. The largest absolute Gasteiger partial charge is 0.508 e. The Morgan fingerprint density at radius 2 is 1.68 bits per heavy atom. The molecule has 0 aliphatic carbocycles. The number of benzene rings is 2. The third-order valence-electron chi connectivity index (χ3n) is 3.67. The number of rotatable bonds is 2. The first-order valence-electron chi connectivity index (χ1n) is 7.01. The van der Waals surface area contributed by atoms with Gasteiger partial charge in [0.1, 0.15) is 5.75 Å². The van der Waals surface area contributed by atoms with Crippen LogP contribution in [0.2, 0.25) is 0 Å². The fraction of sp³-hybridized carbons (Fsp3) is 0. The highest BCUT2D eigenvalue weighted by Gasteiger charge is 2.14. The van der Waals surface area contributed by atoms with Crippen LogP contribution in [0.4, 0.5) is 0 Å². The van der Waals surface area contributed by atoms with E-state index in [9.17, 15) is 5.11 Å². The molecule has 0 unspecified atom stereocenters. The van der Waals surface area contributed by atoms with Gasteiger partial charge in [0, 0.05) is 11.8 Å². The van der Waals surface area contributed by atoms with Gasteiger partial charge in [-0.2, -0.15) is 5.10 Å². The molecule has 2 heterocycles. The van der Waals surface area contributed by atoms with Crippen molar-refractivity contribution in [1.82, 2.24) is 15.2 Å². The topological polar surface area (TPSA) is 61.8 Å². The van der Waals surface area contributed by atoms with Gasteiger partial charge in [0.2, 0.25) is 0 Å². The maximum Gasteiger partial charge on any atom is 0.182 e. The lowest BCUT2D eigenvalue weighted by Crippen LogP contribution is -1.84. The van der Waals surface area contributed by atoms with E-state index in [1.807, 2.05) is 48.5 Å². The van der Waals surface area contributed by atoms with Gasteiger partial charge in [-0.1, -0.05) is 42.5 Å². The molecule has 0 bridgehead atoms. The lowest BCUT2D eigenvalue weighted by molar-refractivity contribution is 0.475. The van der Waals surface area contributed by atoms with E-state index >= 15 is 0 Å². The first-order chi connectivity index (χ1) is 10.8. The minimum Gasteiger partial charge on any atom is -0.508 e. The van der Waals surface area contributed by atoms with Crippen molar-refractivity contribution in [3.05, 3.63) is 66.9 Å². The molecule has 4 aromatic rings. The van der Waals surface area contributed by atoms with Gasteiger partial charge in [-0.25, -0.2) is 4.98 Å². The number of nitrogens with zero attached hydrogens (tertiary/aromatic N) is 2. The molecule has 0 aliphatic rings. The van der Waals surface area contributed by atoms with Crippen LogP contribution in [-0.4, -0.2) is 20.3 Å². The number of fused-ring (bicyclic) bond motifs is 1. The van der Waals surface area contributed by atoms with Gasteiger partial charge in [-0.15, -0.1) is 0 Å². The number of hydrogen-bond donors (Lipinski definition) is 2. The molecule has 0 spiro atoms. The van der Waals surface area contributed by atoms with Gasteiger partial charge in [-0.3, -0.25) is 5.10 Å². The van der Waals surface area contributed by atoms with Crippen LogP contribution in [0.15, 0.2) is 66.9 Å². The number of H-pyrrole nitrogens is 1. The SMILES string of the molecule is Oc1cccc(-c2ccnc3n[nH]c(-c4ccccc4)c23)c1. The summed E-state index contributed by atoms with van der Waals surface area (Å²) < 4.78 is 0. The highest BCUT2D eigenvalue weighted by atomic mass is 16.3. The first kappa shape index (κ1) is 12.6. The van der Waals surface area contributed by atoms with Crippen LogP contribution in [0.3, 0.4) is 0 Å². The van der Waals surface area contributed by atoms with Crippen molar-refractivity contribution in [3.8, 4) is 28.1 Å². The highest BCUT2D eigenvalue weighted by molar-refractivity contribution is 6.02. The predicted molar refractivity (Wildman–Crippen MR) is 86.4 cm³/mol. The van der Waals surface area contributed by atoms with Crippen LogP contribution < -0.4 is 0 Å². The standard InChI is InChI=1S/C18H13N3O/c22-14-8-4-7-13(11-14)15-9-10-19-18-16(15)17(20-21-18)12-5-2-1-3-6-12/h1-11,22H,(H,19,20,21). The van der Waals surface area contributed by atoms with Crippen LogP contribution in [0.1, 0.15) is 0 Å². The van der Waals surface area contributed by atoms with Crippen molar-refractivity contribution in [2.45, 2.75) is 0 Å². The Morgan fingerprint density at radius 3 is 2.50 bits per heavy atom. The summed E-state index contributed by atoms with van der Waals surface area (Å²) in [6.07, 6.45) is 1.73. The molecular weight excluding hydrogens is 274 g/mol. The van der Waals surface area contributed by atoms with Gasteiger partial charge in [0.05, 0.1) is 11.1 Å². The van der Waals surface area contributed by atoms with Gasteiger partial charge >= 0.3 is 0 Å². The summed E-state index contributed by atoms with van der Waals surface area (Å²) in [4.78, 5) is 4.33. The van der Waals surface area contributed by atoms with E-state index < -0.39 is 0 Å². The van der Waals surface area contributed by atoms with Crippen LogP contribution in [0.5, 0.6) is 5.75 Å². The summed E-state index contributed by atoms with van der Waals surface area (Å²) in [5.74, 6) is 0.243. The van der Waals surface area contributed by atoms with Gasteiger partial charge in [0.25, 0.3) is 0 Å². The molecule has 2 aromatic carbocycles. The van der Waals surface area contributed by atoms with Crippen molar-refractivity contribution in [3.63, 3.8) is 0 Å². The first-order valence-corrected chi connectivity index (χ1v) is 7.01. The lowest BCUT2D eigenvalue weighted by Gasteiger charge is -2.06. The maximum absolute atomic E-state index is 9.74. The zero-order chi connectivity index (χ0) is 14.9. The summed E-state index contributed by atoms with van der Waals surface area (Å²) in [5.41, 5.74) is 4.58. The second kappa shape index (κ2) is 5.00. The monoisotopic (exact) mass is 287 g/mol. The van der Waals surface area contributed by atoms with E-state index in [1.165, 1.54) is 0 Å². The molecule has 0 radical (unpaired) electrons. The number of phenolic OH excluding ortho intramolecular Hbond substituents is 1. The van der Waals surface area contributed by atoms with Gasteiger partial charge in [-0.05, 0) is 29.3 Å². The third-order valence-corrected chi connectivity index (χ3v) is 3.67. The minimum atomic E-state index is 0.243. The number of nitrogens with one attached hydrogen (secondary N) is 1. The average Bonchev–Trinajstić information content (AvgIpc) is 3.00. The molecule has 0 fully saturated rings. The van der Waals surface area contributed by atoms with Crippen molar-refractivity contribution in [2.75, 3.05) is 0 Å². The number of aromatic nitrogens is 3. The smallest absolute Gasteiger partial charge is 0.182 e. The van der Waals surface area contributed by atoms with Crippen LogP contribution in [0, 0.1) is 0 Å². The molecule has 4 heteroatoms. The molecule has 0 atom stereocenters. The molecule has 4 nitrogen and oxygen atoms in total. The summed E-state index contributed by atoms with van der Waals surface area (Å²) in [6, 6.07) is 19.2. The van der Waals surface area contributed by atoms with Gasteiger partial charge in [0.15, 0.2) is 5.65 Å². The molecule has 106 valence electrons. The summed E-state index contributed by atoms with van der Waals surface area (Å²) in [5, 5.41) is 18.1.